The summed E-state index contributed by atoms with van der Waals surface area (Å²) in [7, 11) is 2.15. The Hall–Kier alpha value is -2.90. The number of nitrogens with zero attached hydrogens (tertiary/aromatic N) is 3. The fourth-order valence-corrected chi connectivity index (χ4v) is 4.80. The van der Waals surface area contributed by atoms with Crippen molar-refractivity contribution in [2.24, 2.45) is 5.92 Å². The van der Waals surface area contributed by atoms with Gasteiger partial charge in [-0.3, -0.25) is 9.69 Å². The highest BCUT2D eigenvalue weighted by atomic mass is 16.2. The Morgan fingerprint density at radius 1 is 1.00 bits per heavy atom. The average Bonchev–Trinajstić information content (AvgIpc) is 2.85. The summed E-state index contributed by atoms with van der Waals surface area (Å²) in [6, 6.07) is 17.8. The summed E-state index contributed by atoms with van der Waals surface area (Å²) in [6.07, 6.45) is 1.63. The van der Waals surface area contributed by atoms with Gasteiger partial charge >= 0.3 is 6.03 Å². The van der Waals surface area contributed by atoms with Gasteiger partial charge in [0.25, 0.3) is 0 Å². The largest absolute Gasteiger partial charge is 0.348 e. The highest BCUT2D eigenvalue weighted by Gasteiger charge is 2.30. The molecular weight excluding hydrogens is 426 g/mol. The average molecular weight is 464 g/mol. The van der Waals surface area contributed by atoms with Crippen LogP contribution in [0.25, 0.3) is 0 Å². The highest BCUT2D eigenvalue weighted by Crippen LogP contribution is 2.21. The van der Waals surface area contributed by atoms with Crippen LogP contribution in [0.2, 0.25) is 0 Å². The second kappa shape index (κ2) is 11.5. The van der Waals surface area contributed by atoms with Gasteiger partial charge in [0.2, 0.25) is 5.91 Å². The zero-order valence-electron chi connectivity index (χ0n) is 20.4. The molecule has 2 aromatic carbocycles. The topological polar surface area (TPSA) is 67.9 Å². The Morgan fingerprint density at radius 3 is 2.50 bits per heavy atom. The maximum atomic E-state index is 13.4. The van der Waals surface area contributed by atoms with Crippen molar-refractivity contribution in [3.63, 3.8) is 0 Å². The Balaban J connectivity index is 1.38. The molecule has 0 bridgehead atoms. The normalized spacial score (nSPS) is 20.5. The van der Waals surface area contributed by atoms with Crippen LogP contribution in [-0.2, 0) is 4.79 Å². The smallest absolute Gasteiger partial charge is 0.321 e. The molecule has 4 rings (SSSR count). The number of likely N-dealkylation sites (tertiary alicyclic amines) is 1. The molecule has 2 atom stereocenters. The summed E-state index contributed by atoms with van der Waals surface area (Å²) in [4.78, 5) is 32.7. The lowest BCUT2D eigenvalue weighted by molar-refractivity contribution is -0.127. The van der Waals surface area contributed by atoms with E-state index in [4.69, 9.17) is 0 Å². The Morgan fingerprint density at radius 2 is 1.76 bits per heavy atom. The Kier molecular flexibility index (Phi) is 8.19. The van der Waals surface area contributed by atoms with Gasteiger partial charge in [-0.25, -0.2) is 4.79 Å². The van der Waals surface area contributed by atoms with Crippen LogP contribution in [0, 0.1) is 12.8 Å². The molecular formula is C27H37N5O2. The molecule has 34 heavy (non-hydrogen) atoms. The minimum Gasteiger partial charge on any atom is -0.348 e. The highest BCUT2D eigenvalue weighted by molar-refractivity contribution is 5.90. The molecule has 2 N–H and O–H groups in total. The fraction of sp³-hybridized carbons (Fsp3) is 0.481. The van der Waals surface area contributed by atoms with Gasteiger partial charge in [0.05, 0.1) is 12.0 Å². The van der Waals surface area contributed by atoms with Gasteiger partial charge in [0, 0.05) is 51.5 Å². The van der Waals surface area contributed by atoms with Crippen molar-refractivity contribution in [2.45, 2.75) is 25.8 Å². The molecule has 2 aliphatic heterocycles. The predicted octanol–water partition coefficient (Wildman–Crippen LogP) is 3.34. The molecule has 2 aliphatic rings. The van der Waals surface area contributed by atoms with E-state index in [-0.39, 0.29) is 23.9 Å². The standard InChI is InChI=1S/C27H37N5O2/c1-21-8-6-12-24(18-21)28-27(34)32-13-7-11-23(19-32)26(33)29-25(22-9-4-3-5-10-22)20-31-16-14-30(2)15-17-31/h3-6,8-10,12,18,23,25H,7,11,13-17,19-20H2,1-2H3,(H,28,34)(H,29,33). The number of carbonyl (C=O) groups is 2. The summed E-state index contributed by atoms with van der Waals surface area (Å²) < 4.78 is 0. The lowest BCUT2D eigenvalue weighted by Crippen LogP contribution is -2.50. The fourth-order valence-electron chi connectivity index (χ4n) is 4.80. The van der Waals surface area contributed by atoms with Crippen molar-refractivity contribution >= 4 is 17.6 Å². The molecule has 7 heteroatoms. The minimum absolute atomic E-state index is 0.0380. The maximum Gasteiger partial charge on any atom is 0.321 e. The van der Waals surface area contributed by atoms with Gasteiger partial charge in [0.1, 0.15) is 0 Å². The van der Waals surface area contributed by atoms with E-state index in [0.717, 1.165) is 62.4 Å². The summed E-state index contributed by atoms with van der Waals surface area (Å²) in [5.41, 5.74) is 3.01. The van der Waals surface area contributed by atoms with Gasteiger partial charge in [-0.1, -0.05) is 42.5 Å². The third kappa shape index (κ3) is 6.58. The number of anilines is 1. The van der Waals surface area contributed by atoms with Crippen LogP contribution >= 0.6 is 0 Å². The first-order valence-corrected chi connectivity index (χ1v) is 12.4. The lowest BCUT2D eigenvalue weighted by atomic mass is 9.96. The molecule has 2 unspecified atom stereocenters. The van der Waals surface area contributed by atoms with Crippen molar-refractivity contribution in [1.29, 1.82) is 0 Å². The zero-order valence-corrected chi connectivity index (χ0v) is 20.4. The van der Waals surface area contributed by atoms with E-state index in [1.807, 2.05) is 49.4 Å². The number of hydrogen-bond donors (Lipinski definition) is 2. The lowest BCUT2D eigenvalue weighted by Gasteiger charge is -2.36. The molecule has 7 nitrogen and oxygen atoms in total. The van der Waals surface area contributed by atoms with E-state index in [2.05, 4.69) is 39.6 Å². The van der Waals surface area contributed by atoms with Crippen molar-refractivity contribution in [1.82, 2.24) is 20.0 Å². The van der Waals surface area contributed by atoms with Crippen LogP contribution in [0.15, 0.2) is 54.6 Å². The number of piperidine rings is 1. The van der Waals surface area contributed by atoms with Gasteiger partial charge < -0.3 is 20.4 Å². The first-order valence-electron chi connectivity index (χ1n) is 12.4. The number of amides is 3. The second-order valence-electron chi connectivity index (χ2n) is 9.66. The maximum absolute atomic E-state index is 13.4. The van der Waals surface area contributed by atoms with Gasteiger partial charge in [0.15, 0.2) is 0 Å². The SMILES string of the molecule is Cc1cccc(NC(=O)N2CCCC(C(=O)NC(CN3CCN(C)CC3)c3ccccc3)C2)c1. The Bertz CT molecular complexity index is 959. The third-order valence-electron chi connectivity index (χ3n) is 6.90. The van der Waals surface area contributed by atoms with Crippen LogP contribution < -0.4 is 10.6 Å². The molecule has 2 aromatic rings. The molecule has 2 saturated heterocycles. The summed E-state index contributed by atoms with van der Waals surface area (Å²) in [6.45, 7) is 8.02. The van der Waals surface area contributed by atoms with Crippen molar-refractivity contribution < 1.29 is 9.59 Å². The number of rotatable bonds is 6. The number of hydrogen-bond acceptors (Lipinski definition) is 4. The van der Waals surface area contributed by atoms with Crippen LogP contribution in [0.4, 0.5) is 10.5 Å². The molecule has 182 valence electrons. The van der Waals surface area contributed by atoms with E-state index in [1.165, 1.54) is 0 Å². The third-order valence-corrected chi connectivity index (χ3v) is 6.90. The van der Waals surface area contributed by atoms with Crippen LogP contribution in [0.3, 0.4) is 0 Å². The summed E-state index contributed by atoms with van der Waals surface area (Å²) >= 11 is 0. The molecule has 0 aliphatic carbocycles. The predicted molar refractivity (Wildman–Crippen MR) is 136 cm³/mol. The number of likely N-dealkylation sites (N-methyl/N-ethyl adjacent to an activating group) is 1. The van der Waals surface area contributed by atoms with Crippen molar-refractivity contribution in [3.05, 3.63) is 65.7 Å². The van der Waals surface area contributed by atoms with E-state index < -0.39 is 0 Å². The minimum atomic E-state index is -0.198. The van der Waals surface area contributed by atoms with E-state index in [9.17, 15) is 9.59 Å². The van der Waals surface area contributed by atoms with Crippen LogP contribution in [0.5, 0.6) is 0 Å². The van der Waals surface area contributed by atoms with E-state index in [1.54, 1.807) is 4.90 Å². The zero-order chi connectivity index (χ0) is 23.9. The second-order valence-corrected chi connectivity index (χ2v) is 9.66. The number of benzene rings is 2. The van der Waals surface area contributed by atoms with E-state index in [0.29, 0.717) is 13.1 Å². The quantitative estimate of drug-likeness (QED) is 0.690. The van der Waals surface area contributed by atoms with Gasteiger partial charge in [-0.05, 0) is 50.1 Å². The van der Waals surface area contributed by atoms with Gasteiger partial charge in [-0.15, -0.1) is 0 Å². The summed E-state index contributed by atoms with van der Waals surface area (Å²) in [5, 5.41) is 6.31. The monoisotopic (exact) mass is 463 g/mol. The van der Waals surface area contributed by atoms with Gasteiger partial charge in [-0.2, -0.15) is 0 Å². The number of carbonyl (C=O) groups excluding carboxylic acids is 2. The van der Waals surface area contributed by atoms with Crippen LogP contribution in [0.1, 0.15) is 30.0 Å². The number of urea groups is 1. The molecule has 0 radical (unpaired) electrons. The van der Waals surface area contributed by atoms with Crippen molar-refractivity contribution in [3.8, 4) is 0 Å². The Labute approximate surface area is 203 Å². The molecule has 2 heterocycles. The number of piperazine rings is 1. The van der Waals surface area contributed by atoms with Crippen LogP contribution in [-0.4, -0.2) is 79.5 Å². The molecule has 3 amide bonds. The summed E-state index contributed by atoms with van der Waals surface area (Å²) in [5.74, 6) is -0.160. The molecule has 0 spiro atoms. The first kappa shape index (κ1) is 24.2. The molecule has 2 fully saturated rings. The van der Waals surface area contributed by atoms with E-state index >= 15 is 0 Å². The molecule has 0 saturated carbocycles. The van der Waals surface area contributed by atoms with Crippen molar-refractivity contribution in [2.75, 3.05) is 58.2 Å². The number of aryl methyl sites for hydroxylation is 1. The first-order chi connectivity index (χ1) is 16.5. The molecule has 0 aromatic heterocycles. The number of nitrogens with one attached hydrogen (secondary N) is 2.